The SMILES string of the molecule is O=C1CC[C@H](C(=O)NC(C(=O)O)c2ccccc2)N1. The zero-order valence-electron chi connectivity index (χ0n) is 10.1. The zero-order valence-corrected chi connectivity index (χ0v) is 10.1. The summed E-state index contributed by atoms with van der Waals surface area (Å²) in [5, 5.41) is 14.1. The Balaban J connectivity index is 2.07. The van der Waals surface area contributed by atoms with Crippen molar-refractivity contribution in [3.63, 3.8) is 0 Å². The molecular formula is C13H14N2O4. The van der Waals surface area contributed by atoms with Crippen LogP contribution in [0.1, 0.15) is 24.4 Å². The molecule has 1 aliphatic rings. The number of carboxylic acid groups (broad SMARTS) is 1. The highest BCUT2D eigenvalue weighted by molar-refractivity contribution is 5.93. The van der Waals surface area contributed by atoms with Gasteiger partial charge in [-0.15, -0.1) is 0 Å². The number of aliphatic carboxylic acids is 1. The number of carbonyl (C=O) groups is 3. The van der Waals surface area contributed by atoms with Crippen LogP contribution in [0.25, 0.3) is 0 Å². The Hall–Kier alpha value is -2.37. The summed E-state index contributed by atoms with van der Waals surface area (Å²) in [7, 11) is 0. The summed E-state index contributed by atoms with van der Waals surface area (Å²) in [5.74, 6) is -1.79. The second-order valence-electron chi connectivity index (χ2n) is 4.35. The van der Waals surface area contributed by atoms with Crippen molar-refractivity contribution >= 4 is 17.8 Å². The Morgan fingerprint density at radius 3 is 2.53 bits per heavy atom. The van der Waals surface area contributed by atoms with Gasteiger partial charge in [-0.2, -0.15) is 0 Å². The van der Waals surface area contributed by atoms with Crippen molar-refractivity contribution in [2.45, 2.75) is 24.9 Å². The van der Waals surface area contributed by atoms with E-state index in [1.807, 2.05) is 0 Å². The van der Waals surface area contributed by atoms with Gasteiger partial charge in [0.05, 0.1) is 0 Å². The van der Waals surface area contributed by atoms with Crippen molar-refractivity contribution in [3.05, 3.63) is 35.9 Å². The fourth-order valence-electron chi connectivity index (χ4n) is 1.99. The van der Waals surface area contributed by atoms with Crippen LogP contribution in [0.3, 0.4) is 0 Å². The summed E-state index contributed by atoms with van der Waals surface area (Å²) in [4.78, 5) is 34.1. The highest BCUT2D eigenvalue weighted by atomic mass is 16.4. The number of carboxylic acids is 1. The van der Waals surface area contributed by atoms with Crippen LogP contribution >= 0.6 is 0 Å². The maximum atomic E-state index is 11.9. The number of hydrogen-bond donors (Lipinski definition) is 3. The highest BCUT2D eigenvalue weighted by Gasteiger charge is 2.30. The number of benzene rings is 1. The van der Waals surface area contributed by atoms with Gasteiger partial charge in [0.1, 0.15) is 6.04 Å². The first-order chi connectivity index (χ1) is 9.08. The standard InChI is InChI=1S/C13H14N2O4/c16-10-7-6-9(14-10)12(17)15-11(13(18)19)8-4-2-1-3-5-8/h1-5,9,11H,6-7H2,(H,14,16)(H,15,17)(H,18,19)/t9-,11?/m1/s1. The zero-order chi connectivity index (χ0) is 13.8. The normalized spacial score (nSPS) is 19.6. The molecule has 6 heteroatoms. The molecule has 0 aliphatic carbocycles. The third-order valence-corrected chi connectivity index (χ3v) is 2.98. The van der Waals surface area contributed by atoms with Gasteiger partial charge in [0.25, 0.3) is 0 Å². The first-order valence-electron chi connectivity index (χ1n) is 5.95. The third-order valence-electron chi connectivity index (χ3n) is 2.98. The lowest BCUT2D eigenvalue weighted by molar-refractivity contribution is -0.142. The summed E-state index contributed by atoms with van der Waals surface area (Å²) in [6.45, 7) is 0. The molecule has 2 atom stereocenters. The molecule has 19 heavy (non-hydrogen) atoms. The minimum Gasteiger partial charge on any atom is -0.479 e. The number of carbonyl (C=O) groups excluding carboxylic acids is 2. The van der Waals surface area contributed by atoms with Crippen molar-refractivity contribution in [1.82, 2.24) is 10.6 Å². The van der Waals surface area contributed by atoms with Crippen molar-refractivity contribution in [1.29, 1.82) is 0 Å². The topological polar surface area (TPSA) is 95.5 Å². The molecule has 1 saturated heterocycles. The molecule has 1 fully saturated rings. The Labute approximate surface area is 109 Å². The first-order valence-corrected chi connectivity index (χ1v) is 5.95. The van der Waals surface area contributed by atoms with E-state index in [2.05, 4.69) is 10.6 Å². The number of amides is 2. The van der Waals surface area contributed by atoms with Gasteiger partial charge in [-0.25, -0.2) is 4.79 Å². The Morgan fingerprint density at radius 1 is 1.32 bits per heavy atom. The number of hydrogen-bond acceptors (Lipinski definition) is 3. The fraction of sp³-hybridized carbons (Fsp3) is 0.308. The van der Waals surface area contributed by atoms with E-state index in [-0.39, 0.29) is 5.91 Å². The molecule has 1 aliphatic heterocycles. The number of rotatable bonds is 4. The molecule has 0 bridgehead atoms. The quantitative estimate of drug-likeness (QED) is 0.722. The van der Waals surface area contributed by atoms with Gasteiger partial charge < -0.3 is 15.7 Å². The van der Waals surface area contributed by atoms with E-state index < -0.39 is 24.0 Å². The number of nitrogens with one attached hydrogen (secondary N) is 2. The summed E-state index contributed by atoms with van der Waals surface area (Å²) in [6, 6.07) is 6.69. The van der Waals surface area contributed by atoms with Crippen LogP contribution in [0.5, 0.6) is 0 Å². The van der Waals surface area contributed by atoms with E-state index in [4.69, 9.17) is 5.11 Å². The first kappa shape index (κ1) is 13.1. The van der Waals surface area contributed by atoms with Crippen molar-refractivity contribution < 1.29 is 19.5 Å². The Bertz CT molecular complexity index is 501. The molecule has 1 unspecified atom stereocenters. The third kappa shape index (κ3) is 3.09. The molecule has 0 radical (unpaired) electrons. The van der Waals surface area contributed by atoms with Crippen LogP contribution in [0.4, 0.5) is 0 Å². The molecule has 0 saturated carbocycles. The molecule has 1 aromatic carbocycles. The Kier molecular flexibility index (Phi) is 3.79. The lowest BCUT2D eigenvalue weighted by Gasteiger charge is -2.17. The summed E-state index contributed by atoms with van der Waals surface area (Å²) < 4.78 is 0. The molecular weight excluding hydrogens is 248 g/mol. The predicted molar refractivity (Wildman–Crippen MR) is 66.1 cm³/mol. The van der Waals surface area contributed by atoms with Crippen molar-refractivity contribution in [2.24, 2.45) is 0 Å². The maximum absolute atomic E-state index is 11.9. The molecule has 2 rings (SSSR count). The molecule has 6 nitrogen and oxygen atoms in total. The lowest BCUT2D eigenvalue weighted by atomic mass is 10.1. The van der Waals surface area contributed by atoms with E-state index >= 15 is 0 Å². The molecule has 0 spiro atoms. The van der Waals surface area contributed by atoms with E-state index in [0.717, 1.165) is 0 Å². The lowest BCUT2D eigenvalue weighted by Crippen LogP contribution is -2.44. The van der Waals surface area contributed by atoms with Gasteiger partial charge in [-0.3, -0.25) is 9.59 Å². The predicted octanol–water partition coefficient (Wildman–Crippen LogP) is 0.207. The van der Waals surface area contributed by atoms with E-state index in [0.29, 0.717) is 18.4 Å². The largest absolute Gasteiger partial charge is 0.479 e. The van der Waals surface area contributed by atoms with Crippen LogP contribution in [-0.2, 0) is 14.4 Å². The van der Waals surface area contributed by atoms with Gasteiger partial charge in [-0.1, -0.05) is 30.3 Å². The minimum atomic E-state index is -1.14. The second-order valence-corrected chi connectivity index (χ2v) is 4.35. The smallest absolute Gasteiger partial charge is 0.330 e. The van der Waals surface area contributed by atoms with Crippen LogP contribution in [0.2, 0.25) is 0 Å². The Morgan fingerprint density at radius 2 is 2.00 bits per heavy atom. The highest BCUT2D eigenvalue weighted by Crippen LogP contribution is 2.14. The summed E-state index contributed by atoms with van der Waals surface area (Å²) in [6.07, 6.45) is 0.687. The van der Waals surface area contributed by atoms with Crippen molar-refractivity contribution in [2.75, 3.05) is 0 Å². The van der Waals surface area contributed by atoms with Crippen LogP contribution < -0.4 is 10.6 Å². The van der Waals surface area contributed by atoms with Crippen LogP contribution in [0, 0.1) is 0 Å². The minimum absolute atomic E-state index is 0.188. The summed E-state index contributed by atoms with van der Waals surface area (Å²) >= 11 is 0. The molecule has 3 N–H and O–H groups in total. The van der Waals surface area contributed by atoms with Gasteiger partial charge in [0, 0.05) is 6.42 Å². The van der Waals surface area contributed by atoms with E-state index in [1.165, 1.54) is 0 Å². The van der Waals surface area contributed by atoms with Crippen molar-refractivity contribution in [3.8, 4) is 0 Å². The van der Waals surface area contributed by atoms with Crippen LogP contribution in [0.15, 0.2) is 30.3 Å². The van der Waals surface area contributed by atoms with Gasteiger partial charge in [-0.05, 0) is 12.0 Å². The van der Waals surface area contributed by atoms with Gasteiger partial charge in [0.15, 0.2) is 6.04 Å². The van der Waals surface area contributed by atoms with E-state index in [9.17, 15) is 14.4 Å². The molecule has 2 amide bonds. The average molecular weight is 262 g/mol. The fourth-order valence-corrected chi connectivity index (χ4v) is 1.99. The van der Waals surface area contributed by atoms with Gasteiger partial charge in [0.2, 0.25) is 11.8 Å². The molecule has 1 aromatic rings. The maximum Gasteiger partial charge on any atom is 0.330 e. The molecule has 0 aromatic heterocycles. The summed E-state index contributed by atoms with van der Waals surface area (Å²) in [5.41, 5.74) is 0.493. The second kappa shape index (κ2) is 5.51. The van der Waals surface area contributed by atoms with E-state index in [1.54, 1.807) is 30.3 Å². The monoisotopic (exact) mass is 262 g/mol. The molecule has 1 heterocycles. The van der Waals surface area contributed by atoms with Crippen LogP contribution in [-0.4, -0.2) is 28.9 Å². The van der Waals surface area contributed by atoms with Gasteiger partial charge >= 0.3 is 5.97 Å². The molecule has 100 valence electrons. The average Bonchev–Trinajstić information content (AvgIpc) is 2.83.